The van der Waals surface area contributed by atoms with Crippen LogP contribution in [0.1, 0.15) is 45.4 Å². The molecule has 0 aliphatic heterocycles. The summed E-state index contributed by atoms with van der Waals surface area (Å²) in [6.07, 6.45) is 9.00. The van der Waals surface area contributed by atoms with Crippen LogP contribution in [0.25, 0.3) is 0 Å². The van der Waals surface area contributed by atoms with Crippen LogP contribution in [0.5, 0.6) is 0 Å². The van der Waals surface area contributed by atoms with E-state index in [1.807, 2.05) is 0 Å². The highest BCUT2D eigenvalue weighted by atomic mass is 28.3. The second kappa shape index (κ2) is 4.63. The third-order valence-corrected chi connectivity index (χ3v) is 6.71. The molecule has 0 heterocycles. The van der Waals surface area contributed by atoms with Gasteiger partial charge in [0, 0.05) is 8.07 Å². The van der Waals surface area contributed by atoms with Gasteiger partial charge >= 0.3 is 0 Å². The Morgan fingerprint density at radius 2 is 1.85 bits per heavy atom. The van der Waals surface area contributed by atoms with Gasteiger partial charge in [-0.05, 0) is 17.9 Å². The number of unbranched alkanes of at least 4 members (excludes halogenated alkanes) is 1. The molecule has 0 spiro atoms. The molecule has 1 rings (SSSR count). The van der Waals surface area contributed by atoms with Gasteiger partial charge in [0.15, 0.2) is 0 Å². The summed E-state index contributed by atoms with van der Waals surface area (Å²) in [5.74, 6) is 1.09. The van der Waals surface area contributed by atoms with Crippen molar-refractivity contribution in [2.75, 3.05) is 0 Å². The van der Waals surface area contributed by atoms with Crippen LogP contribution in [0.15, 0.2) is 0 Å². The van der Waals surface area contributed by atoms with E-state index in [0.29, 0.717) is 0 Å². The summed E-state index contributed by atoms with van der Waals surface area (Å²) in [6.45, 7) is 9.94. The fraction of sp³-hybridized carbons (Fsp3) is 1.00. The Morgan fingerprint density at radius 3 is 2.31 bits per heavy atom. The number of rotatable bonds is 4. The molecule has 0 nitrogen and oxygen atoms in total. The molecule has 1 aliphatic rings. The predicted molar refractivity (Wildman–Crippen MR) is 64.0 cm³/mol. The van der Waals surface area contributed by atoms with Crippen molar-refractivity contribution in [3.63, 3.8) is 0 Å². The first-order valence-electron chi connectivity index (χ1n) is 6.04. The average molecular weight is 198 g/mol. The second-order valence-electron chi connectivity index (χ2n) is 5.88. The minimum absolute atomic E-state index is 0.805. The lowest BCUT2D eigenvalue weighted by molar-refractivity contribution is 0.479. The second-order valence-corrected chi connectivity index (χ2v) is 11.4. The summed E-state index contributed by atoms with van der Waals surface area (Å²) >= 11 is 0. The quantitative estimate of drug-likeness (QED) is 0.575. The lowest BCUT2D eigenvalue weighted by atomic mass is 10.0. The molecule has 2 unspecified atom stereocenters. The molecule has 0 amide bonds. The molecule has 1 heteroatoms. The molecule has 0 aromatic heterocycles. The van der Waals surface area contributed by atoms with Gasteiger partial charge in [-0.3, -0.25) is 0 Å². The molecular weight excluding hydrogens is 172 g/mol. The zero-order chi connectivity index (χ0) is 9.90. The molecule has 0 saturated heterocycles. The van der Waals surface area contributed by atoms with Crippen molar-refractivity contribution in [3.8, 4) is 0 Å². The lowest BCUT2D eigenvalue weighted by Crippen LogP contribution is -2.26. The van der Waals surface area contributed by atoms with Crippen molar-refractivity contribution in [2.45, 2.75) is 70.6 Å². The summed E-state index contributed by atoms with van der Waals surface area (Å²) in [7, 11) is -0.805. The SMILES string of the molecule is CCCCC1CCC([Si](C)(C)C)C1. The summed E-state index contributed by atoms with van der Waals surface area (Å²) in [5.41, 5.74) is 1.13. The molecule has 2 atom stereocenters. The first-order valence-corrected chi connectivity index (χ1v) is 9.61. The van der Waals surface area contributed by atoms with Crippen LogP contribution in [-0.2, 0) is 0 Å². The van der Waals surface area contributed by atoms with E-state index in [-0.39, 0.29) is 0 Å². The van der Waals surface area contributed by atoms with Gasteiger partial charge < -0.3 is 0 Å². The highest BCUT2D eigenvalue weighted by Gasteiger charge is 2.33. The predicted octanol–water partition coefficient (Wildman–Crippen LogP) is 4.69. The molecule has 0 aromatic carbocycles. The van der Waals surface area contributed by atoms with Crippen LogP contribution in [0.2, 0.25) is 25.2 Å². The van der Waals surface area contributed by atoms with E-state index in [9.17, 15) is 0 Å². The monoisotopic (exact) mass is 198 g/mol. The molecule has 0 bridgehead atoms. The lowest BCUT2D eigenvalue weighted by Gasteiger charge is -2.24. The Morgan fingerprint density at radius 1 is 1.15 bits per heavy atom. The van der Waals surface area contributed by atoms with Crippen LogP contribution >= 0.6 is 0 Å². The first kappa shape index (κ1) is 11.3. The van der Waals surface area contributed by atoms with E-state index >= 15 is 0 Å². The summed E-state index contributed by atoms with van der Waals surface area (Å²) in [4.78, 5) is 0. The molecule has 0 N–H and O–H groups in total. The molecule has 78 valence electrons. The smallest absolute Gasteiger partial charge is 0.0473 e. The Hall–Kier alpha value is 0.217. The van der Waals surface area contributed by atoms with Gasteiger partial charge in [0.25, 0.3) is 0 Å². The van der Waals surface area contributed by atoms with Crippen LogP contribution in [0.3, 0.4) is 0 Å². The van der Waals surface area contributed by atoms with Gasteiger partial charge in [-0.1, -0.05) is 58.7 Å². The maximum absolute atomic E-state index is 2.54. The molecule has 0 radical (unpaired) electrons. The molecule has 1 fully saturated rings. The zero-order valence-electron chi connectivity index (χ0n) is 9.90. The topological polar surface area (TPSA) is 0 Å². The van der Waals surface area contributed by atoms with Crippen LogP contribution in [-0.4, -0.2) is 8.07 Å². The van der Waals surface area contributed by atoms with Crippen molar-refractivity contribution in [1.29, 1.82) is 0 Å². The Kier molecular flexibility index (Phi) is 4.02. The van der Waals surface area contributed by atoms with Gasteiger partial charge in [-0.25, -0.2) is 0 Å². The van der Waals surface area contributed by atoms with Crippen molar-refractivity contribution in [2.24, 2.45) is 5.92 Å². The van der Waals surface area contributed by atoms with Crippen molar-refractivity contribution >= 4 is 8.07 Å². The van der Waals surface area contributed by atoms with Crippen molar-refractivity contribution in [1.82, 2.24) is 0 Å². The molecule has 1 saturated carbocycles. The maximum Gasteiger partial charge on any atom is 0.0473 e. The van der Waals surface area contributed by atoms with E-state index in [4.69, 9.17) is 0 Å². The van der Waals surface area contributed by atoms with Gasteiger partial charge in [0.2, 0.25) is 0 Å². The van der Waals surface area contributed by atoms with Gasteiger partial charge in [0.05, 0.1) is 0 Å². The molecular formula is C12H26Si. The van der Waals surface area contributed by atoms with Crippen LogP contribution in [0, 0.1) is 5.92 Å². The Labute approximate surface area is 85.1 Å². The van der Waals surface area contributed by atoms with E-state index in [1.165, 1.54) is 25.7 Å². The molecule has 13 heavy (non-hydrogen) atoms. The summed E-state index contributed by atoms with van der Waals surface area (Å²) in [6, 6.07) is 0. The van der Waals surface area contributed by atoms with E-state index in [0.717, 1.165) is 11.5 Å². The third kappa shape index (κ3) is 3.45. The minimum atomic E-state index is -0.805. The zero-order valence-corrected chi connectivity index (χ0v) is 10.9. The fourth-order valence-corrected chi connectivity index (χ4v) is 4.69. The first-order chi connectivity index (χ1) is 6.04. The average Bonchev–Trinajstić information content (AvgIpc) is 2.47. The highest BCUT2D eigenvalue weighted by Crippen LogP contribution is 2.43. The van der Waals surface area contributed by atoms with Crippen molar-refractivity contribution in [3.05, 3.63) is 0 Å². The summed E-state index contributed by atoms with van der Waals surface area (Å²) in [5, 5.41) is 0. The van der Waals surface area contributed by atoms with E-state index in [1.54, 1.807) is 12.8 Å². The molecule has 0 aromatic rings. The van der Waals surface area contributed by atoms with E-state index < -0.39 is 8.07 Å². The highest BCUT2D eigenvalue weighted by molar-refractivity contribution is 6.77. The fourth-order valence-electron chi connectivity index (χ4n) is 2.62. The number of hydrogen-bond donors (Lipinski definition) is 0. The molecule has 1 aliphatic carbocycles. The van der Waals surface area contributed by atoms with Gasteiger partial charge in [-0.2, -0.15) is 0 Å². The maximum atomic E-state index is 2.54. The Balaban J connectivity index is 2.28. The van der Waals surface area contributed by atoms with E-state index in [2.05, 4.69) is 26.6 Å². The van der Waals surface area contributed by atoms with Crippen molar-refractivity contribution < 1.29 is 0 Å². The third-order valence-electron chi connectivity index (χ3n) is 3.73. The van der Waals surface area contributed by atoms with Crippen LogP contribution < -0.4 is 0 Å². The Bertz CT molecular complexity index is 146. The minimum Gasteiger partial charge on any atom is -0.0693 e. The number of hydrogen-bond acceptors (Lipinski definition) is 0. The van der Waals surface area contributed by atoms with Gasteiger partial charge in [-0.15, -0.1) is 0 Å². The van der Waals surface area contributed by atoms with Crippen LogP contribution in [0.4, 0.5) is 0 Å². The van der Waals surface area contributed by atoms with Gasteiger partial charge in [0.1, 0.15) is 0 Å². The summed E-state index contributed by atoms with van der Waals surface area (Å²) < 4.78 is 0. The normalized spacial score (nSPS) is 29.5. The largest absolute Gasteiger partial charge is 0.0693 e. The standard InChI is InChI=1S/C12H26Si/c1-5-6-7-11-8-9-12(10-11)13(2,3)4/h11-12H,5-10H2,1-4H3.